The second kappa shape index (κ2) is 3.62. The van der Waals surface area contributed by atoms with Gasteiger partial charge in [0.1, 0.15) is 7.85 Å². The molecular weight excluding hydrogens is 181 g/mol. The van der Waals surface area contributed by atoms with Crippen LogP contribution in [0.1, 0.15) is 35.5 Å². The first-order valence-electron chi connectivity index (χ1n) is 4.44. The molecule has 0 saturated carbocycles. The third kappa shape index (κ3) is 2.40. The maximum Gasteiger partial charge on any atom is 0.183 e. The molecule has 1 rings (SSSR count). The molecule has 0 amide bonds. The van der Waals surface area contributed by atoms with E-state index in [2.05, 4.69) is 25.8 Å². The quantitative estimate of drug-likeness (QED) is 0.530. The molecule has 2 nitrogen and oxygen atoms in total. The minimum atomic E-state index is 0.101. The van der Waals surface area contributed by atoms with Gasteiger partial charge in [-0.1, -0.05) is 20.8 Å². The smallest absolute Gasteiger partial charge is 0.183 e. The van der Waals surface area contributed by atoms with Gasteiger partial charge in [0.25, 0.3) is 0 Å². The van der Waals surface area contributed by atoms with Crippen LogP contribution in [0, 0.1) is 0 Å². The van der Waals surface area contributed by atoms with Gasteiger partial charge in [-0.3, -0.25) is 4.79 Å². The van der Waals surface area contributed by atoms with E-state index >= 15 is 0 Å². The Morgan fingerprint density at radius 1 is 1.62 bits per heavy atom. The number of thiazole rings is 1. The average molecular weight is 195 g/mol. The van der Waals surface area contributed by atoms with E-state index in [0.717, 1.165) is 0 Å². The Kier molecular flexibility index (Phi) is 2.91. The van der Waals surface area contributed by atoms with Crippen LogP contribution in [0.3, 0.4) is 0 Å². The molecule has 0 aliphatic carbocycles. The Hall–Kier alpha value is -0.635. The number of ketones is 1. The minimum Gasteiger partial charge on any atom is -0.292 e. The summed E-state index contributed by atoms with van der Waals surface area (Å²) < 4.78 is 0. The molecule has 1 heterocycles. The van der Waals surface area contributed by atoms with Crippen molar-refractivity contribution in [3.63, 3.8) is 0 Å². The highest BCUT2D eigenvalue weighted by molar-refractivity contribution is 7.13. The summed E-state index contributed by atoms with van der Waals surface area (Å²) in [5, 5.41) is 0.646. The fourth-order valence-corrected chi connectivity index (χ4v) is 1.88. The van der Waals surface area contributed by atoms with Crippen LogP contribution in [-0.2, 0) is 5.41 Å². The third-order valence-corrected chi connectivity index (χ3v) is 3.27. The van der Waals surface area contributed by atoms with E-state index in [0.29, 0.717) is 11.3 Å². The van der Waals surface area contributed by atoms with Crippen molar-refractivity contribution in [1.29, 1.82) is 0 Å². The zero-order valence-electron chi connectivity index (χ0n) is 8.55. The van der Waals surface area contributed by atoms with Gasteiger partial charge in [-0.15, -0.1) is 11.3 Å². The van der Waals surface area contributed by atoms with Gasteiger partial charge in [0.05, 0.1) is 0 Å². The van der Waals surface area contributed by atoms with Crippen LogP contribution in [0.15, 0.2) is 6.20 Å². The molecule has 70 valence electrons. The van der Waals surface area contributed by atoms with Crippen LogP contribution in [0.25, 0.3) is 0 Å². The van der Waals surface area contributed by atoms with E-state index in [-0.39, 0.29) is 11.2 Å². The largest absolute Gasteiger partial charge is 0.292 e. The molecule has 0 aliphatic heterocycles. The predicted octanol–water partition coefficient (Wildman–Crippen LogP) is 1.67. The van der Waals surface area contributed by atoms with Crippen molar-refractivity contribution in [3.05, 3.63) is 16.1 Å². The Morgan fingerprint density at radius 2 is 2.23 bits per heavy atom. The van der Waals surface area contributed by atoms with E-state index in [1.54, 1.807) is 0 Å². The summed E-state index contributed by atoms with van der Waals surface area (Å²) in [7, 11) is 1.86. The van der Waals surface area contributed by atoms with Gasteiger partial charge in [0.15, 0.2) is 10.8 Å². The molecule has 1 aromatic rings. The number of Topliss-reactive ketones (excluding diaryl/α,β-unsaturated/α-hetero) is 1. The number of rotatable bonds is 2. The van der Waals surface area contributed by atoms with Crippen molar-refractivity contribution in [3.8, 4) is 0 Å². The molecule has 0 fully saturated rings. The monoisotopic (exact) mass is 195 g/mol. The van der Waals surface area contributed by atoms with E-state index < -0.39 is 0 Å². The number of aromatic nitrogens is 1. The van der Waals surface area contributed by atoms with Crippen molar-refractivity contribution in [2.75, 3.05) is 0 Å². The molecule has 0 aromatic carbocycles. The van der Waals surface area contributed by atoms with Crippen LogP contribution in [0.2, 0.25) is 6.32 Å². The topological polar surface area (TPSA) is 30.0 Å². The molecule has 0 aliphatic rings. The van der Waals surface area contributed by atoms with E-state index in [1.807, 2.05) is 14.0 Å². The number of hydrogen-bond donors (Lipinski definition) is 0. The summed E-state index contributed by atoms with van der Waals surface area (Å²) in [6, 6.07) is 0. The molecule has 4 heteroatoms. The second-order valence-corrected chi connectivity index (χ2v) is 5.09. The molecule has 0 spiro atoms. The Balaban J connectivity index is 2.93. The maximum atomic E-state index is 11.3. The normalized spacial score (nSPS) is 11.6. The Bertz CT molecular complexity index is 314. The fraction of sp³-hybridized carbons (Fsp3) is 0.556. The fourth-order valence-electron chi connectivity index (χ4n) is 0.901. The molecule has 0 N–H and O–H groups in total. The highest BCUT2D eigenvalue weighted by Crippen LogP contribution is 2.27. The lowest BCUT2D eigenvalue weighted by Gasteiger charge is -2.14. The summed E-state index contributed by atoms with van der Waals surface area (Å²) in [5.41, 5.74) is 0.101. The van der Waals surface area contributed by atoms with Gasteiger partial charge in [-0.25, -0.2) is 4.98 Å². The molecule has 13 heavy (non-hydrogen) atoms. The third-order valence-electron chi connectivity index (χ3n) is 1.80. The first-order valence-corrected chi connectivity index (χ1v) is 5.26. The predicted molar refractivity (Wildman–Crippen MR) is 58.5 cm³/mol. The number of carbonyl (C=O) groups is 1. The highest BCUT2D eigenvalue weighted by Gasteiger charge is 2.18. The second-order valence-electron chi connectivity index (χ2n) is 4.06. The number of hydrogen-bond acceptors (Lipinski definition) is 3. The number of nitrogens with zero attached hydrogens (tertiary/aromatic N) is 1. The Labute approximate surface area is 83.8 Å². The average Bonchev–Trinajstić information content (AvgIpc) is 2.50. The summed E-state index contributed by atoms with van der Waals surface area (Å²) in [6.07, 6.45) is 2.35. The lowest BCUT2D eigenvalue weighted by atomic mass is 9.96. The molecule has 0 unspecified atom stereocenters. The van der Waals surface area contributed by atoms with E-state index in [9.17, 15) is 4.79 Å². The van der Waals surface area contributed by atoms with Gasteiger partial charge in [-0.2, -0.15) is 0 Å². The van der Waals surface area contributed by atoms with E-state index in [1.165, 1.54) is 16.2 Å². The van der Waals surface area contributed by atoms with Crippen LogP contribution in [-0.4, -0.2) is 18.6 Å². The van der Waals surface area contributed by atoms with Crippen molar-refractivity contribution < 1.29 is 4.79 Å². The highest BCUT2D eigenvalue weighted by atomic mass is 32.1. The molecule has 1 aromatic heterocycles. The van der Waals surface area contributed by atoms with Gasteiger partial charge in [-0.05, 0) is 11.7 Å². The molecule has 0 radical (unpaired) electrons. The molecule has 0 saturated heterocycles. The molecule has 0 atom stereocenters. The lowest BCUT2D eigenvalue weighted by molar-refractivity contribution is 0.101. The minimum absolute atomic E-state index is 0.101. The van der Waals surface area contributed by atoms with E-state index in [4.69, 9.17) is 0 Å². The van der Waals surface area contributed by atoms with Gasteiger partial charge >= 0.3 is 0 Å². The standard InChI is InChI=1S/C9H14BNOS/c1-9(2,3)7-5-11-8(13-7)6(12)4-10/h5H,4,10H2,1-3H3. The van der Waals surface area contributed by atoms with Crippen molar-refractivity contribution in [1.82, 2.24) is 4.98 Å². The van der Waals surface area contributed by atoms with Gasteiger partial charge in [0, 0.05) is 11.1 Å². The zero-order valence-corrected chi connectivity index (χ0v) is 9.36. The van der Waals surface area contributed by atoms with Crippen LogP contribution in [0.5, 0.6) is 0 Å². The van der Waals surface area contributed by atoms with Crippen LogP contribution >= 0.6 is 11.3 Å². The van der Waals surface area contributed by atoms with Crippen molar-refractivity contribution in [2.24, 2.45) is 0 Å². The summed E-state index contributed by atoms with van der Waals surface area (Å²) in [6.45, 7) is 6.38. The first-order chi connectivity index (χ1) is 5.95. The van der Waals surface area contributed by atoms with Crippen LogP contribution in [0.4, 0.5) is 0 Å². The zero-order chi connectivity index (χ0) is 10.1. The van der Waals surface area contributed by atoms with Gasteiger partial charge < -0.3 is 0 Å². The lowest BCUT2D eigenvalue weighted by Crippen LogP contribution is -2.07. The number of carbonyl (C=O) groups excluding carboxylic acids is 1. The Morgan fingerprint density at radius 3 is 2.62 bits per heavy atom. The molecular formula is C9H14BNOS. The SMILES string of the molecule is BCC(=O)c1ncc(C(C)(C)C)s1. The van der Waals surface area contributed by atoms with Crippen molar-refractivity contribution in [2.45, 2.75) is 32.5 Å². The molecule has 0 bridgehead atoms. The first kappa shape index (κ1) is 10.4. The summed E-state index contributed by atoms with van der Waals surface area (Å²) in [4.78, 5) is 16.6. The summed E-state index contributed by atoms with van der Waals surface area (Å²) >= 11 is 1.51. The van der Waals surface area contributed by atoms with Crippen molar-refractivity contribution >= 4 is 25.0 Å². The van der Waals surface area contributed by atoms with Gasteiger partial charge in [0.2, 0.25) is 0 Å². The van der Waals surface area contributed by atoms with Crippen LogP contribution < -0.4 is 0 Å². The summed E-state index contributed by atoms with van der Waals surface area (Å²) in [5.74, 6) is 0.139. The maximum absolute atomic E-state index is 11.3.